The van der Waals surface area contributed by atoms with Gasteiger partial charge in [0, 0.05) is 56.1 Å². The molecule has 1 N–H and O–H groups in total. The number of benzene rings is 1. The van der Waals surface area contributed by atoms with Crippen LogP contribution in [0, 0.1) is 24.7 Å². The first-order valence-corrected chi connectivity index (χ1v) is 10.5. The maximum Gasteiger partial charge on any atom is 0.258 e. The molecule has 0 bridgehead atoms. The van der Waals surface area contributed by atoms with E-state index in [9.17, 15) is 14.0 Å². The van der Waals surface area contributed by atoms with Crippen molar-refractivity contribution in [2.24, 2.45) is 11.8 Å². The number of likely N-dealkylation sites (tertiary alicyclic amines) is 2. The second-order valence-corrected chi connectivity index (χ2v) is 8.50. The van der Waals surface area contributed by atoms with Gasteiger partial charge in [0.25, 0.3) is 5.91 Å². The number of amides is 2. The first-order chi connectivity index (χ1) is 14.4. The van der Waals surface area contributed by atoms with Crippen LogP contribution in [0.15, 0.2) is 36.5 Å². The van der Waals surface area contributed by atoms with E-state index in [2.05, 4.69) is 15.2 Å². The molecule has 158 valence electrons. The van der Waals surface area contributed by atoms with Crippen molar-refractivity contribution in [2.75, 3.05) is 38.0 Å². The van der Waals surface area contributed by atoms with Crippen LogP contribution in [-0.2, 0) is 4.79 Å². The maximum absolute atomic E-state index is 13.8. The minimum atomic E-state index is -0.720. The number of anilines is 1. The highest BCUT2D eigenvalue weighted by Crippen LogP contribution is 2.32. The van der Waals surface area contributed by atoms with Crippen molar-refractivity contribution in [1.82, 2.24) is 14.8 Å². The van der Waals surface area contributed by atoms with Gasteiger partial charge in [0.2, 0.25) is 11.9 Å². The summed E-state index contributed by atoms with van der Waals surface area (Å²) in [4.78, 5) is 32.4. The highest BCUT2D eigenvalue weighted by molar-refractivity contribution is 6.31. The molecule has 1 aromatic carbocycles. The number of carbonyl (C=O) groups is 2. The van der Waals surface area contributed by atoms with Gasteiger partial charge in [-0.05, 0) is 48.6 Å². The molecule has 2 amide bonds. The van der Waals surface area contributed by atoms with Gasteiger partial charge in [-0.1, -0.05) is 17.7 Å². The zero-order valence-corrected chi connectivity index (χ0v) is 17.5. The van der Waals surface area contributed by atoms with Crippen LogP contribution in [0.4, 0.5) is 10.1 Å². The molecule has 2 saturated heterocycles. The molecular weight excluding hydrogens is 407 g/mol. The summed E-state index contributed by atoms with van der Waals surface area (Å²) in [7, 11) is 0. The molecule has 2 aliphatic rings. The molecule has 4 rings (SSSR count). The average Bonchev–Trinajstić information content (AvgIpc) is 3.28. The summed E-state index contributed by atoms with van der Waals surface area (Å²) in [6.07, 6.45) is 1.74. The monoisotopic (exact) mass is 430 g/mol. The summed E-state index contributed by atoms with van der Waals surface area (Å²) in [5, 5.41) is 3.52. The van der Waals surface area contributed by atoms with Crippen LogP contribution in [0.5, 0.6) is 0 Å². The van der Waals surface area contributed by atoms with Gasteiger partial charge in [-0.3, -0.25) is 9.59 Å². The van der Waals surface area contributed by atoms with Gasteiger partial charge in [0.15, 0.2) is 0 Å². The minimum Gasteiger partial charge on any atom is -0.338 e. The summed E-state index contributed by atoms with van der Waals surface area (Å²) >= 11 is 6.10. The molecule has 8 heteroatoms. The van der Waals surface area contributed by atoms with E-state index in [1.807, 2.05) is 19.1 Å². The Morgan fingerprint density at radius 3 is 2.60 bits per heavy atom. The van der Waals surface area contributed by atoms with Crippen LogP contribution in [0.25, 0.3) is 0 Å². The number of carbonyl (C=O) groups excluding carboxylic acids is 2. The third-order valence-electron chi connectivity index (χ3n) is 5.95. The second kappa shape index (κ2) is 8.70. The van der Waals surface area contributed by atoms with Crippen LogP contribution >= 0.6 is 11.6 Å². The highest BCUT2D eigenvalue weighted by Gasteiger charge is 2.41. The normalized spacial score (nSPS) is 21.0. The van der Waals surface area contributed by atoms with Crippen molar-refractivity contribution in [1.29, 1.82) is 0 Å². The molecule has 0 radical (unpaired) electrons. The van der Waals surface area contributed by atoms with Gasteiger partial charge in [-0.25, -0.2) is 4.98 Å². The molecule has 6 nitrogen and oxygen atoms in total. The van der Waals surface area contributed by atoms with Gasteiger partial charge in [-0.2, -0.15) is 4.39 Å². The molecule has 30 heavy (non-hydrogen) atoms. The molecule has 2 aromatic rings. The molecular formula is C22H24ClFN4O2. The molecule has 0 saturated carbocycles. The SMILES string of the molecule is Cc1ccc(NC(=O)CCN2CC3CN(C(=O)c4cccnc4F)CC3C2)cc1Cl. The maximum atomic E-state index is 13.8. The average molecular weight is 431 g/mol. The lowest BCUT2D eigenvalue weighted by Crippen LogP contribution is -2.34. The number of nitrogens with one attached hydrogen (secondary N) is 1. The summed E-state index contributed by atoms with van der Waals surface area (Å²) in [6, 6.07) is 8.53. The zero-order chi connectivity index (χ0) is 21.3. The van der Waals surface area contributed by atoms with Gasteiger partial charge >= 0.3 is 0 Å². The Labute approximate surface area is 180 Å². The molecule has 0 spiro atoms. The van der Waals surface area contributed by atoms with E-state index in [0.717, 1.165) is 18.7 Å². The topological polar surface area (TPSA) is 65.5 Å². The Kier molecular flexibility index (Phi) is 6.01. The summed E-state index contributed by atoms with van der Waals surface area (Å²) < 4.78 is 13.8. The van der Waals surface area contributed by atoms with Crippen molar-refractivity contribution in [3.63, 3.8) is 0 Å². The number of hydrogen-bond donors (Lipinski definition) is 1. The van der Waals surface area contributed by atoms with Crippen LogP contribution < -0.4 is 5.32 Å². The summed E-state index contributed by atoms with van der Waals surface area (Å²) in [6.45, 7) is 5.50. The Hall–Kier alpha value is -2.51. The van der Waals surface area contributed by atoms with Crippen molar-refractivity contribution in [2.45, 2.75) is 13.3 Å². The fraction of sp³-hybridized carbons (Fsp3) is 0.409. The summed E-state index contributed by atoms with van der Waals surface area (Å²) in [5.41, 5.74) is 1.70. The van der Waals surface area contributed by atoms with Crippen LogP contribution in [0.1, 0.15) is 22.3 Å². The van der Waals surface area contributed by atoms with E-state index in [4.69, 9.17) is 11.6 Å². The lowest BCUT2D eigenvalue weighted by molar-refractivity contribution is -0.116. The number of pyridine rings is 1. The predicted octanol–water partition coefficient (Wildman–Crippen LogP) is 3.22. The minimum absolute atomic E-state index is 0.0298. The molecule has 0 aliphatic carbocycles. The highest BCUT2D eigenvalue weighted by atomic mass is 35.5. The molecule has 2 aliphatic heterocycles. The molecule has 2 atom stereocenters. The molecule has 3 heterocycles. The van der Waals surface area contributed by atoms with E-state index < -0.39 is 5.95 Å². The number of aromatic nitrogens is 1. The number of halogens is 2. The third kappa shape index (κ3) is 4.47. The van der Waals surface area contributed by atoms with Crippen molar-refractivity contribution in [3.05, 3.63) is 58.6 Å². The van der Waals surface area contributed by atoms with Gasteiger partial charge in [0.05, 0.1) is 5.56 Å². The Morgan fingerprint density at radius 2 is 1.93 bits per heavy atom. The van der Waals surface area contributed by atoms with Crippen molar-refractivity contribution in [3.8, 4) is 0 Å². The number of fused-ring (bicyclic) bond motifs is 1. The van der Waals surface area contributed by atoms with E-state index in [1.54, 1.807) is 17.0 Å². The van der Waals surface area contributed by atoms with Crippen LogP contribution in [0.2, 0.25) is 5.02 Å². The van der Waals surface area contributed by atoms with E-state index in [1.165, 1.54) is 12.3 Å². The van der Waals surface area contributed by atoms with Gasteiger partial charge in [-0.15, -0.1) is 0 Å². The van der Waals surface area contributed by atoms with E-state index in [0.29, 0.717) is 48.6 Å². The number of hydrogen-bond acceptors (Lipinski definition) is 4. The molecule has 2 unspecified atom stereocenters. The van der Waals surface area contributed by atoms with Gasteiger partial charge < -0.3 is 15.1 Å². The Morgan fingerprint density at radius 1 is 1.20 bits per heavy atom. The standard InChI is InChI=1S/C22H24ClFN4O2/c1-14-4-5-17(9-19(14)23)26-20(29)6-8-27-10-15-12-28(13-16(15)11-27)22(30)18-3-2-7-25-21(18)24/h2-5,7,9,15-16H,6,8,10-13H2,1H3,(H,26,29). The van der Waals surface area contributed by atoms with Crippen LogP contribution in [-0.4, -0.2) is 59.3 Å². The number of rotatable bonds is 5. The Bertz CT molecular complexity index is 956. The lowest BCUT2D eigenvalue weighted by atomic mass is 10.0. The van der Waals surface area contributed by atoms with Crippen molar-refractivity contribution < 1.29 is 14.0 Å². The zero-order valence-electron chi connectivity index (χ0n) is 16.8. The fourth-order valence-corrected chi connectivity index (χ4v) is 4.49. The first kappa shape index (κ1) is 20.8. The number of nitrogens with zero attached hydrogens (tertiary/aromatic N) is 3. The van der Waals surface area contributed by atoms with Gasteiger partial charge in [0.1, 0.15) is 0 Å². The smallest absolute Gasteiger partial charge is 0.258 e. The quantitative estimate of drug-likeness (QED) is 0.740. The largest absolute Gasteiger partial charge is 0.338 e. The molecule has 1 aromatic heterocycles. The predicted molar refractivity (Wildman–Crippen MR) is 113 cm³/mol. The first-order valence-electron chi connectivity index (χ1n) is 10.1. The summed E-state index contributed by atoms with van der Waals surface area (Å²) in [5.74, 6) is -0.351. The third-order valence-corrected chi connectivity index (χ3v) is 6.36. The lowest BCUT2D eigenvalue weighted by Gasteiger charge is -2.21. The molecule has 2 fully saturated rings. The fourth-order valence-electron chi connectivity index (χ4n) is 4.31. The van der Waals surface area contributed by atoms with E-state index in [-0.39, 0.29) is 17.4 Å². The van der Waals surface area contributed by atoms with Crippen molar-refractivity contribution >= 4 is 29.1 Å². The Balaban J connectivity index is 1.24. The second-order valence-electron chi connectivity index (χ2n) is 8.09. The number of aryl methyl sites for hydroxylation is 1. The van der Waals surface area contributed by atoms with Crippen LogP contribution in [0.3, 0.4) is 0 Å². The van der Waals surface area contributed by atoms with E-state index >= 15 is 0 Å².